The van der Waals surface area contributed by atoms with Crippen molar-refractivity contribution < 1.29 is 14.3 Å². The molecule has 1 atom stereocenters. The van der Waals surface area contributed by atoms with Crippen molar-refractivity contribution in [1.29, 1.82) is 0 Å². The molecule has 0 unspecified atom stereocenters. The molecule has 2 rings (SSSR count). The first kappa shape index (κ1) is 20.3. The van der Waals surface area contributed by atoms with E-state index in [0.29, 0.717) is 28.1 Å². The maximum Gasteiger partial charge on any atom is 0.341 e. The number of amides is 1. The van der Waals surface area contributed by atoms with Gasteiger partial charge in [0.1, 0.15) is 5.03 Å². The third-order valence-corrected chi connectivity index (χ3v) is 4.91. The number of benzene rings is 1. The third kappa shape index (κ3) is 5.75. The number of pyridine rings is 1. The van der Waals surface area contributed by atoms with Gasteiger partial charge in [-0.1, -0.05) is 49.3 Å². The summed E-state index contributed by atoms with van der Waals surface area (Å²) in [6.07, 6.45) is 0.703. The summed E-state index contributed by atoms with van der Waals surface area (Å²) >= 11 is 7.45. The predicted octanol–water partition coefficient (Wildman–Crippen LogP) is 4.20. The summed E-state index contributed by atoms with van der Waals surface area (Å²) in [5.74, 6) is -0.602. The molecule has 1 aromatic heterocycles. The topological polar surface area (TPSA) is 68.3 Å². The van der Waals surface area contributed by atoms with Gasteiger partial charge in [0.15, 0.2) is 6.10 Å². The molecule has 138 valence electrons. The van der Waals surface area contributed by atoms with Crippen LogP contribution in [0.4, 0.5) is 0 Å². The minimum atomic E-state index is -0.889. The second-order valence-corrected chi connectivity index (χ2v) is 7.51. The van der Waals surface area contributed by atoms with Gasteiger partial charge >= 0.3 is 5.97 Å². The number of carbonyl (C=O) groups is 2. The lowest BCUT2D eigenvalue weighted by molar-refractivity contribution is -0.129. The Bertz CT molecular complexity index is 783. The summed E-state index contributed by atoms with van der Waals surface area (Å²) in [5, 5.41) is 3.79. The van der Waals surface area contributed by atoms with Crippen molar-refractivity contribution in [2.45, 2.75) is 36.8 Å². The molecule has 0 radical (unpaired) electrons. The fourth-order valence-corrected chi connectivity index (χ4v) is 3.13. The fraction of sp³-hybridized carbons (Fsp3) is 0.316. The molecule has 0 aliphatic carbocycles. The van der Waals surface area contributed by atoms with Crippen LogP contribution in [0.5, 0.6) is 0 Å². The van der Waals surface area contributed by atoms with Crippen LogP contribution in [0.15, 0.2) is 52.5 Å². The van der Waals surface area contributed by atoms with E-state index < -0.39 is 12.1 Å². The Morgan fingerprint density at radius 1 is 1.19 bits per heavy atom. The van der Waals surface area contributed by atoms with Crippen LogP contribution in [0.3, 0.4) is 0 Å². The maximum atomic E-state index is 12.5. The number of hydrogen-bond acceptors (Lipinski definition) is 5. The van der Waals surface area contributed by atoms with Crippen molar-refractivity contribution in [3.8, 4) is 0 Å². The van der Waals surface area contributed by atoms with Crippen molar-refractivity contribution in [3.05, 3.63) is 53.2 Å². The summed E-state index contributed by atoms with van der Waals surface area (Å²) in [6, 6.07) is 10.6. The Morgan fingerprint density at radius 3 is 2.62 bits per heavy atom. The molecule has 0 bridgehead atoms. The number of halogens is 1. The van der Waals surface area contributed by atoms with Gasteiger partial charge in [0.05, 0.1) is 10.6 Å². The molecule has 0 spiro atoms. The summed E-state index contributed by atoms with van der Waals surface area (Å²) in [4.78, 5) is 29.5. The molecule has 7 heteroatoms. The quantitative estimate of drug-likeness (QED) is 0.715. The van der Waals surface area contributed by atoms with E-state index in [1.165, 1.54) is 11.8 Å². The number of carbonyl (C=O) groups excluding carboxylic acids is 2. The van der Waals surface area contributed by atoms with Crippen LogP contribution in [0.1, 0.15) is 31.1 Å². The highest BCUT2D eigenvalue weighted by Gasteiger charge is 2.22. The zero-order chi connectivity index (χ0) is 19.1. The van der Waals surface area contributed by atoms with Crippen molar-refractivity contribution in [1.82, 2.24) is 10.3 Å². The largest absolute Gasteiger partial charge is 0.449 e. The summed E-state index contributed by atoms with van der Waals surface area (Å²) in [6.45, 7) is 6.06. The van der Waals surface area contributed by atoms with E-state index in [1.807, 2.05) is 32.0 Å². The zero-order valence-electron chi connectivity index (χ0n) is 14.9. The molecular weight excluding hydrogens is 372 g/mol. The molecule has 0 saturated heterocycles. The zero-order valence-corrected chi connectivity index (χ0v) is 16.4. The van der Waals surface area contributed by atoms with Crippen LogP contribution in [0.25, 0.3) is 0 Å². The highest BCUT2D eigenvalue weighted by Crippen LogP contribution is 2.33. The minimum Gasteiger partial charge on any atom is -0.449 e. The highest BCUT2D eigenvalue weighted by atomic mass is 35.5. The molecule has 0 fully saturated rings. The van der Waals surface area contributed by atoms with Gasteiger partial charge in [-0.2, -0.15) is 0 Å². The van der Waals surface area contributed by atoms with Gasteiger partial charge in [-0.3, -0.25) is 4.79 Å². The number of rotatable bonds is 7. The van der Waals surface area contributed by atoms with Gasteiger partial charge in [-0.05, 0) is 37.1 Å². The third-order valence-electron chi connectivity index (χ3n) is 3.37. The first-order valence-corrected chi connectivity index (χ1v) is 9.44. The van der Waals surface area contributed by atoms with Gasteiger partial charge in [0.25, 0.3) is 5.91 Å². The van der Waals surface area contributed by atoms with Crippen LogP contribution in [0.2, 0.25) is 5.02 Å². The number of ether oxygens (including phenoxy) is 1. The van der Waals surface area contributed by atoms with E-state index >= 15 is 0 Å². The van der Waals surface area contributed by atoms with Gasteiger partial charge in [-0.25, -0.2) is 9.78 Å². The molecule has 1 N–H and O–H groups in total. The van der Waals surface area contributed by atoms with Crippen molar-refractivity contribution in [2.75, 3.05) is 6.54 Å². The lowest BCUT2D eigenvalue weighted by Crippen LogP contribution is -2.37. The Balaban J connectivity index is 2.10. The molecular formula is C19H21ClN2O3S. The maximum absolute atomic E-state index is 12.5. The first-order valence-electron chi connectivity index (χ1n) is 8.24. The average Bonchev–Trinajstić information content (AvgIpc) is 2.61. The molecule has 0 saturated carbocycles. The van der Waals surface area contributed by atoms with E-state index in [1.54, 1.807) is 31.3 Å². The lowest BCUT2D eigenvalue weighted by atomic mass is 10.2. The number of nitrogens with one attached hydrogen (secondary N) is 1. The number of nitrogens with zero attached hydrogens (tertiary/aromatic N) is 1. The smallest absolute Gasteiger partial charge is 0.341 e. The van der Waals surface area contributed by atoms with Crippen LogP contribution >= 0.6 is 23.4 Å². The Morgan fingerprint density at radius 2 is 1.92 bits per heavy atom. The Hall–Kier alpha value is -2.05. The first-order chi connectivity index (χ1) is 12.4. The van der Waals surface area contributed by atoms with Gasteiger partial charge in [0.2, 0.25) is 0 Å². The highest BCUT2D eigenvalue weighted by molar-refractivity contribution is 7.99. The van der Waals surface area contributed by atoms with E-state index in [-0.39, 0.29) is 5.91 Å². The monoisotopic (exact) mass is 392 g/mol. The van der Waals surface area contributed by atoms with E-state index in [2.05, 4.69) is 10.3 Å². The average molecular weight is 393 g/mol. The summed E-state index contributed by atoms with van der Waals surface area (Å²) in [5.41, 5.74) is 0.293. The molecule has 1 heterocycles. The number of esters is 1. The Kier molecular flexibility index (Phi) is 7.48. The van der Waals surface area contributed by atoms with Crippen molar-refractivity contribution >= 4 is 35.2 Å². The lowest BCUT2D eigenvalue weighted by Gasteiger charge is -2.15. The second kappa shape index (κ2) is 9.59. The summed E-state index contributed by atoms with van der Waals surface area (Å²) in [7, 11) is 0. The van der Waals surface area contributed by atoms with Gasteiger partial charge < -0.3 is 10.1 Å². The molecule has 2 aromatic rings. The van der Waals surface area contributed by atoms with E-state index in [9.17, 15) is 9.59 Å². The molecule has 1 aromatic carbocycles. The normalized spacial score (nSPS) is 11.9. The fourth-order valence-electron chi connectivity index (χ4n) is 1.99. The molecule has 26 heavy (non-hydrogen) atoms. The number of hydrogen-bond donors (Lipinski definition) is 1. The van der Waals surface area contributed by atoms with Crippen molar-refractivity contribution in [2.24, 2.45) is 5.92 Å². The molecule has 1 amide bonds. The summed E-state index contributed by atoms with van der Waals surface area (Å²) < 4.78 is 5.30. The van der Waals surface area contributed by atoms with Crippen LogP contribution in [0, 0.1) is 5.92 Å². The Labute approximate surface area is 162 Å². The van der Waals surface area contributed by atoms with Crippen LogP contribution < -0.4 is 5.32 Å². The van der Waals surface area contributed by atoms with Crippen molar-refractivity contribution in [3.63, 3.8) is 0 Å². The van der Waals surface area contributed by atoms with Crippen LogP contribution in [-0.4, -0.2) is 29.5 Å². The predicted molar refractivity (Wildman–Crippen MR) is 103 cm³/mol. The molecule has 5 nitrogen and oxygen atoms in total. The van der Waals surface area contributed by atoms with E-state index in [4.69, 9.17) is 16.3 Å². The number of aromatic nitrogens is 1. The van der Waals surface area contributed by atoms with E-state index in [0.717, 1.165) is 4.90 Å². The molecule has 0 aliphatic heterocycles. The molecule has 0 aliphatic rings. The minimum absolute atomic E-state index is 0.293. The van der Waals surface area contributed by atoms with Gasteiger partial charge in [-0.15, -0.1) is 0 Å². The standard InChI is InChI=1S/C19H21ClN2O3S/c1-12(2)11-22-17(23)13(3)25-19(24)14-7-6-10-21-18(14)26-16-9-5-4-8-15(16)20/h4-10,12-13H,11H2,1-3H3,(H,22,23)/t13-/m1/s1. The van der Waals surface area contributed by atoms with Crippen LogP contribution in [-0.2, 0) is 9.53 Å². The second-order valence-electron chi connectivity index (χ2n) is 6.08. The van der Waals surface area contributed by atoms with Gasteiger partial charge in [0, 0.05) is 17.6 Å². The SMILES string of the molecule is CC(C)CNC(=O)[C@@H](C)OC(=O)c1cccnc1Sc1ccccc1Cl.